The molecule has 6 atom stereocenters. The molecule has 20 heavy (non-hydrogen) atoms. The normalized spacial score (nSPS) is 40.2. The Morgan fingerprint density at radius 3 is 2.85 bits per heavy atom. The molecule has 3 aliphatic carbocycles. The van der Waals surface area contributed by atoms with Gasteiger partial charge in [0.25, 0.3) is 0 Å². The van der Waals surface area contributed by atoms with Crippen molar-refractivity contribution in [3.05, 3.63) is 21.9 Å². The average Bonchev–Trinajstić information content (AvgIpc) is 3.19. The van der Waals surface area contributed by atoms with Crippen LogP contribution < -0.4 is 5.32 Å². The summed E-state index contributed by atoms with van der Waals surface area (Å²) in [5, 5.41) is 3.99. The molecule has 1 aromatic rings. The smallest absolute Gasteiger partial charge is 0.0388 e. The SMILES string of the molecule is CCc1ccc(C(C)NC2CC3CC2C2CCCC32)s1. The largest absolute Gasteiger partial charge is 0.306 e. The first-order chi connectivity index (χ1) is 9.76. The molecule has 3 aliphatic rings. The Hall–Kier alpha value is -0.340. The Morgan fingerprint density at radius 2 is 2.05 bits per heavy atom. The van der Waals surface area contributed by atoms with Gasteiger partial charge in [-0.05, 0) is 74.8 Å². The fraction of sp³-hybridized carbons (Fsp3) is 0.778. The van der Waals surface area contributed by atoms with Gasteiger partial charge in [-0.2, -0.15) is 0 Å². The van der Waals surface area contributed by atoms with E-state index in [-0.39, 0.29) is 0 Å². The van der Waals surface area contributed by atoms with E-state index in [4.69, 9.17) is 0 Å². The first-order valence-corrected chi connectivity index (χ1v) is 9.42. The van der Waals surface area contributed by atoms with Crippen molar-refractivity contribution in [2.45, 2.75) is 64.5 Å². The van der Waals surface area contributed by atoms with Crippen LogP contribution in [0.15, 0.2) is 12.1 Å². The number of thiophene rings is 1. The van der Waals surface area contributed by atoms with Crippen LogP contribution in [-0.4, -0.2) is 6.04 Å². The van der Waals surface area contributed by atoms with Gasteiger partial charge in [-0.1, -0.05) is 13.3 Å². The fourth-order valence-corrected chi connectivity index (χ4v) is 6.44. The molecular weight excluding hydrogens is 262 g/mol. The molecule has 1 nitrogen and oxygen atoms in total. The molecule has 2 heteroatoms. The molecule has 0 aromatic carbocycles. The lowest BCUT2D eigenvalue weighted by atomic mass is 9.79. The molecule has 4 rings (SSSR count). The zero-order chi connectivity index (χ0) is 13.7. The second-order valence-electron chi connectivity index (χ2n) is 7.31. The lowest BCUT2D eigenvalue weighted by Gasteiger charge is -2.33. The van der Waals surface area contributed by atoms with Crippen molar-refractivity contribution in [1.29, 1.82) is 0 Å². The van der Waals surface area contributed by atoms with Gasteiger partial charge in [0.05, 0.1) is 0 Å². The maximum Gasteiger partial charge on any atom is 0.0388 e. The topological polar surface area (TPSA) is 12.0 Å². The van der Waals surface area contributed by atoms with E-state index < -0.39 is 0 Å². The van der Waals surface area contributed by atoms with Crippen molar-refractivity contribution in [1.82, 2.24) is 5.32 Å². The quantitative estimate of drug-likeness (QED) is 0.840. The second-order valence-corrected chi connectivity index (χ2v) is 8.51. The van der Waals surface area contributed by atoms with Crippen molar-refractivity contribution in [2.24, 2.45) is 23.7 Å². The molecular formula is C18H27NS. The highest BCUT2D eigenvalue weighted by Gasteiger charge is 2.53. The third kappa shape index (κ3) is 2.07. The fourth-order valence-electron chi connectivity index (χ4n) is 5.48. The summed E-state index contributed by atoms with van der Waals surface area (Å²) < 4.78 is 0. The summed E-state index contributed by atoms with van der Waals surface area (Å²) >= 11 is 2.00. The van der Waals surface area contributed by atoms with Crippen LogP contribution in [0.1, 0.15) is 61.7 Å². The standard InChI is InChI=1S/C18H27NS/c1-3-13-7-8-18(20-13)11(2)19-17-10-12-9-16(17)15-6-4-5-14(12)15/h7-8,11-12,14-17,19H,3-6,9-10H2,1-2H3. The van der Waals surface area contributed by atoms with E-state index in [2.05, 4.69) is 31.3 Å². The molecule has 6 unspecified atom stereocenters. The van der Waals surface area contributed by atoms with Crippen molar-refractivity contribution in [3.8, 4) is 0 Å². The summed E-state index contributed by atoms with van der Waals surface area (Å²) in [5.74, 6) is 4.25. The number of fused-ring (bicyclic) bond motifs is 5. The number of hydrogen-bond acceptors (Lipinski definition) is 2. The Labute approximate surface area is 127 Å². The van der Waals surface area contributed by atoms with E-state index >= 15 is 0 Å². The number of hydrogen-bond donors (Lipinski definition) is 1. The minimum Gasteiger partial charge on any atom is -0.306 e. The number of nitrogens with one attached hydrogen (secondary N) is 1. The summed E-state index contributed by atoms with van der Waals surface area (Å²) in [6.07, 6.45) is 8.74. The molecule has 1 heterocycles. The predicted octanol–water partition coefficient (Wildman–Crippen LogP) is 4.79. The third-order valence-corrected chi connectivity index (χ3v) is 7.76. The number of rotatable bonds is 4. The van der Waals surface area contributed by atoms with Crippen LogP contribution in [-0.2, 0) is 6.42 Å². The van der Waals surface area contributed by atoms with Gasteiger partial charge in [0, 0.05) is 21.8 Å². The molecule has 1 aromatic heterocycles. The molecule has 0 aliphatic heterocycles. The van der Waals surface area contributed by atoms with E-state index in [1.54, 1.807) is 6.42 Å². The predicted molar refractivity (Wildman–Crippen MR) is 86.1 cm³/mol. The van der Waals surface area contributed by atoms with Crippen LogP contribution in [0, 0.1) is 23.7 Å². The Bertz CT molecular complexity index is 480. The molecule has 110 valence electrons. The van der Waals surface area contributed by atoms with Crippen LogP contribution in [0.3, 0.4) is 0 Å². The van der Waals surface area contributed by atoms with Gasteiger partial charge in [0.1, 0.15) is 0 Å². The summed E-state index contributed by atoms with van der Waals surface area (Å²) in [7, 11) is 0. The van der Waals surface area contributed by atoms with E-state index in [1.165, 1.54) is 41.9 Å². The lowest BCUT2D eigenvalue weighted by molar-refractivity contribution is 0.200. The van der Waals surface area contributed by atoms with Crippen molar-refractivity contribution >= 4 is 11.3 Å². The summed E-state index contributed by atoms with van der Waals surface area (Å²) in [4.78, 5) is 3.06. The van der Waals surface area contributed by atoms with Crippen LogP contribution in [0.25, 0.3) is 0 Å². The van der Waals surface area contributed by atoms with Crippen LogP contribution >= 0.6 is 11.3 Å². The highest BCUT2D eigenvalue weighted by atomic mass is 32.1. The highest BCUT2D eigenvalue weighted by Crippen LogP contribution is 2.58. The molecule has 3 fully saturated rings. The Morgan fingerprint density at radius 1 is 1.20 bits per heavy atom. The van der Waals surface area contributed by atoms with Crippen LogP contribution in [0.2, 0.25) is 0 Å². The molecule has 0 radical (unpaired) electrons. The monoisotopic (exact) mass is 289 g/mol. The second kappa shape index (κ2) is 5.14. The minimum atomic E-state index is 0.546. The Kier molecular flexibility index (Phi) is 3.42. The first kappa shape index (κ1) is 13.3. The molecule has 1 N–H and O–H groups in total. The third-order valence-electron chi connectivity index (χ3n) is 6.35. The van der Waals surface area contributed by atoms with Gasteiger partial charge in [0.2, 0.25) is 0 Å². The summed E-state index contributed by atoms with van der Waals surface area (Å²) in [6.45, 7) is 4.62. The van der Waals surface area contributed by atoms with Crippen LogP contribution in [0.5, 0.6) is 0 Å². The van der Waals surface area contributed by atoms with Crippen LogP contribution in [0.4, 0.5) is 0 Å². The van der Waals surface area contributed by atoms with E-state index in [0.29, 0.717) is 6.04 Å². The molecule has 0 spiro atoms. The summed E-state index contributed by atoms with van der Waals surface area (Å²) in [5.41, 5.74) is 0. The van der Waals surface area contributed by atoms with Gasteiger partial charge in [-0.15, -0.1) is 11.3 Å². The molecule has 0 saturated heterocycles. The zero-order valence-corrected chi connectivity index (χ0v) is 13.6. The number of aryl methyl sites for hydroxylation is 1. The summed E-state index contributed by atoms with van der Waals surface area (Å²) in [6, 6.07) is 6.00. The van der Waals surface area contributed by atoms with Crippen molar-refractivity contribution in [2.75, 3.05) is 0 Å². The van der Waals surface area contributed by atoms with Gasteiger partial charge in [-0.3, -0.25) is 0 Å². The Balaban J connectivity index is 1.42. The van der Waals surface area contributed by atoms with E-state index in [1.807, 2.05) is 11.3 Å². The zero-order valence-electron chi connectivity index (χ0n) is 12.8. The minimum absolute atomic E-state index is 0.546. The van der Waals surface area contributed by atoms with Gasteiger partial charge < -0.3 is 5.32 Å². The molecule has 3 saturated carbocycles. The molecule has 2 bridgehead atoms. The first-order valence-electron chi connectivity index (χ1n) is 8.61. The molecule has 0 amide bonds. The average molecular weight is 289 g/mol. The maximum absolute atomic E-state index is 3.99. The van der Waals surface area contributed by atoms with Crippen molar-refractivity contribution in [3.63, 3.8) is 0 Å². The maximum atomic E-state index is 3.99. The van der Waals surface area contributed by atoms with Crippen molar-refractivity contribution < 1.29 is 0 Å². The van der Waals surface area contributed by atoms with E-state index in [0.717, 1.165) is 29.7 Å². The van der Waals surface area contributed by atoms with Gasteiger partial charge in [-0.25, -0.2) is 0 Å². The van der Waals surface area contributed by atoms with Gasteiger partial charge in [0.15, 0.2) is 0 Å². The lowest BCUT2D eigenvalue weighted by Crippen LogP contribution is -2.40. The highest BCUT2D eigenvalue weighted by molar-refractivity contribution is 7.12. The van der Waals surface area contributed by atoms with Gasteiger partial charge >= 0.3 is 0 Å². The van der Waals surface area contributed by atoms with E-state index in [9.17, 15) is 0 Å².